The molecule has 2 heterocycles. The molecule has 4 nitrogen and oxygen atoms in total. The molecule has 0 aliphatic carbocycles. The molecule has 4 rings (SSSR count). The van der Waals surface area contributed by atoms with Crippen molar-refractivity contribution in [3.8, 4) is 5.75 Å². The van der Waals surface area contributed by atoms with Crippen LogP contribution in [0.15, 0.2) is 65.2 Å². The van der Waals surface area contributed by atoms with Crippen LogP contribution in [0.3, 0.4) is 0 Å². The van der Waals surface area contributed by atoms with E-state index in [1.165, 1.54) is 17.5 Å². The zero-order valence-corrected chi connectivity index (χ0v) is 15.1. The molecule has 0 bridgehead atoms. The minimum atomic E-state index is 0.324. The molecule has 0 spiro atoms. The number of nitrogens with zero attached hydrogens (tertiary/aromatic N) is 2. The lowest BCUT2D eigenvalue weighted by Crippen LogP contribution is -2.22. The van der Waals surface area contributed by atoms with E-state index in [4.69, 9.17) is 9.26 Å². The molecule has 4 heteroatoms. The lowest BCUT2D eigenvalue weighted by Gasteiger charge is -2.22. The van der Waals surface area contributed by atoms with Crippen LogP contribution in [0.2, 0.25) is 0 Å². The predicted molar refractivity (Wildman–Crippen MR) is 101 cm³/mol. The van der Waals surface area contributed by atoms with E-state index < -0.39 is 0 Å². The number of hydrogen-bond acceptors (Lipinski definition) is 4. The Morgan fingerprint density at radius 1 is 1.08 bits per heavy atom. The van der Waals surface area contributed by atoms with Crippen molar-refractivity contribution in [1.29, 1.82) is 0 Å². The van der Waals surface area contributed by atoms with Crippen LogP contribution in [0.5, 0.6) is 5.75 Å². The number of rotatable bonds is 6. The van der Waals surface area contributed by atoms with Crippen molar-refractivity contribution in [3.05, 3.63) is 83.2 Å². The molecule has 0 saturated carbocycles. The number of ether oxygens (including phenoxy) is 1. The van der Waals surface area contributed by atoms with Crippen LogP contribution < -0.4 is 4.74 Å². The summed E-state index contributed by atoms with van der Waals surface area (Å²) < 4.78 is 11.5. The third-order valence-corrected chi connectivity index (χ3v) is 4.87. The van der Waals surface area contributed by atoms with Gasteiger partial charge in [0, 0.05) is 12.6 Å². The van der Waals surface area contributed by atoms with Gasteiger partial charge in [0.05, 0.1) is 11.7 Å². The molecule has 2 aromatic carbocycles. The van der Waals surface area contributed by atoms with Gasteiger partial charge in [-0.15, -0.1) is 0 Å². The normalized spacial score (nSPS) is 17.5. The Kier molecular flexibility index (Phi) is 5.02. The molecule has 1 aliphatic rings. The highest BCUT2D eigenvalue weighted by molar-refractivity contribution is 5.29. The maximum atomic E-state index is 5.96. The Balaban J connectivity index is 1.41. The minimum Gasteiger partial charge on any atom is -0.489 e. The molecule has 0 radical (unpaired) electrons. The van der Waals surface area contributed by atoms with Crippen LogP contribution in [-0.4, -0.2) is 16.6 Å². The van der Waals surface area contributed by atoms with Crippen LogP contribution in [0, 0.1) is 6.92 Å². The molecule has 0 N–H and O–H groups in total. The summed E-state index contributed by atoms with van der Waals surface area (Å²) in [5.74, 6) is 1.90. The molecule has 1 fully saturated rings. The van der Waals surface area contributed by atoms with Gasteiger partial charge in [0.15, 0.2) is 5.76 Å². The topological polar surface area (TPSA) is 38.5 Å². The first-order chi connectivity index (χ1) is 12.8. The molecule has 134 valence electrons. The molecule has 1 atom stereocenters. The van der Waals surface area contributed by atoms with Gasteiger partial charge in [-0.3, -0.25) is 4.90 Å². The largest absolute Gasteiger partial charge is 0.489 e. The highest BCUT2D eigenvalue weighted by atomic mass is 16.5. The fourth-order valence-corrected chi connectivity index (χ4v) is 3.59. The number of benzene rings is 2. The molecule has 0 amide bonds. The Hall–Kier alpha value is -2.59. The van der Waals surface area contributed by atoms with Crippen molar-refractivity contribution in [3.63, 3.8) is 0 Å². The van der Waals surface area contributed by atoms with E-state index in [-0.39, 0.29) is 0 Å². The van der Waals surface area contributed by atoms with Gasteiger partial charge < -0.3 is 9.26 Å². The fourth-order valence-electron chi connectivity index (χ4n) is 3.59. The van der Waals surface area contributed by atoms with E-state index in [0.29, 0.717) is 12.6 Å². The highest BCUT2D eigenvalue weighted by Gasteiger charge is 2.29. The zero-order chi connectivity index (χ0) is 17.8. The van der Waals surface area contributed by atoms with E-state index in [1.54, 1.807) is 0 Å². The molecule has 3 aromatic rings. The molecule has 1 unspecified atom stereocenters. The summed E-state index contributed by atoms with van der Waals surface area (Å²) >= 11 is 0. The fraction of sp³-hybridized carbons (Fsp3) is 0.318. The zero-order valence-electron chi connectivity index (χ0n) is 15.1. The predicted octanol–water partition coefficient (Wildman–Crippen LogP) is 4.90. The van der Waals surface area contributed by atoms with Gasteiger partial charge >= 0.3 is 0 Å². The monoisotopic (exact) mass is 348 g/mol. The van der Waals surface area contributed by atoms with Gasteiger partial charge in [-0.2, -0.15) is 0 Å². The second-order valence-corrected chi connectivity index (χ2v) is 6.92. The number of hydrogen-bond donors (Lipinski definition) is 0. The van der Waals surface area contributed by atoms with Crippen molar-refractivity contribution in [2.24, 2.45) is 0 Å². The number of likely N-dealkylation sites (tertiary alicyclic amines) is 1. The minimum absolute atomic E-state index is 0.324. The van der Waals surface area contributed by atoms with Gasteiger partial charge in [0.1, 0.15) is 12.4 Å². The van der Waals surface area contributed by atoms with Crippen molar-refractivity contribution >= 4 is 0 Å². The summed E-state index contributed by atoms with van der Waals surface area (Å²) in [6.45, 7) is 4.54. The van der Waals surface area contributed by atoms with Crippen molar-refractivity contribution < 1.29 is 9.26 Å². The number of aromatic nitrogens is 1. The second-order valence-electron chi connectivity index (χ2n) is 6.92. The lowest BCUT2D eigenvalue weighted by atomic mass is 10.1. The number of aryl methyl sites for hydroxylation is 1. The van der Waals surface area contributed by atoms with E-state index in [9.17, 15) is 0 Å². The average Bonchev–Trinajstić information content (AvgIpc) is 3.30. The first-order valence-corrected chi connectivity index (χ1v) is 9.21. The maximum absolute atomic E-state index is 5.96. The van der Waals surface area contributed by atoms with Gasteiger partial charge in [-0.25, -0.2) is 0 Å². The van der Waals surface area contributed by atoms with Gasteiger partial charge in [0.2, 0.25) is 0 Å². The summed E-state index contributed by atoms with van der Waals surface area (Å²) in [7, 11) is 0. The summed E-state index contributed by atoms with van der Waals surface area (Å²) in [6, 6.07) is 21.0. The van der Waals surface area contributed by atoms with Crippen LogP contribution in [0.25, 0.3) is 0 Å². The summed E-state index contributed by atoms with van der Waals surface area (Å²) in [6.07, 6.45) is 2.31. The SMILES string of the molecule is Cc1cc(C2CCCN2Cc2cccc(OCc3ccccc3)c2)on1. The quantitative estimate of drug-likeness (QED) is 0.635. The third kappa shape index (κ3) is 3.97. The second kappa shape index (κ2) is 7.75. The Morgan fingerprint density at radius 2 is 1.92 bits per heavy atom. The van der Waals surface area contributed by atoms with Crippen molar-refractivity contribution in [1.82, 2.24) is 10.1 Å². The summed E-state index contributed by atoms with van der Waals surface area (Å²) in [5, 5.41) is 4.05. The van der Waals surface area contributed by atoms with Crippen LogP contribution in [0.1, 0.15) is 41.5 Å². The van der Waals surface area contributed by atoms with Crippen molar-refractivity contribution in [2.75, 3.05) is 6.54 Å². The van der Waals surface area contributed by atoms with E-state index in [2.05, 4.69) is 46.5 Å². The Bertz CT molecular complexity index is 844. The van der Waals surface area contributed by atoms with Crippen LogP contribution in [0.4, 0.5) is 0 Å². The highest BCUT2D eigenvalue weighted by Crippen LogP contribution is 2.33. The van der Waals surface area contributed by atoms with Gasteiger partial charge in [-0.05, 0) is 49.6 Å². The first-order valence-electron chi connectivity index (χ1n) is 9.21. The van der Waals surface area contributed by atoms with E-state index >= 15 is 0 Å². The molecular formula is C22H24N2O2. The standard InChI is InChI=1S/C22H24N2O2/c1-17-13-22(26-23-17)21-11-6-12-24(21)15-19-9-5-10-20(14-19)25-16-18-7-3-2-4-8-18/h2-5,7-10,13-14,21H,6,11-12,15-16H2,1H3. The summed E-state index contributed by atoms with van der Waals surface area (Å²) in [4.78, 5) is 2.47. The van der Waals surface area contributed by atoms with E-state index in [1.807, 2.05) is 31.2 Å². The Morgan fingerprint density at radius 3 is 2.73 bits per heavy atom. The van der Waals surface area contributed by atoms with Gasteiger partial charge in [-0.1, -0.05) is 47.6 Å². The summed E-state index contributed by atoms with van der Waals surface area (Å²) in [5.41, 5.74) is 3.39. The molecular weight excluding hydrogens is 324 g/mol. The third-order valence-electron chi connectivity index (χ3n) is 4.87. The van der Waals surface area contributed by atoms with E-state index in [0.717, 1.165) is 36.7 Å². The Labute approximate surface area is 154 Å². The van der Waals surface area contributed by atoms with Crippen LogP contribution in [-0.2, 0) is 13.2 Å². The molecule has 1 aromatic heterocycles. The smallest absolute Gasteiger partial charge is 0.154 e. The lowest BCUT2D eigenvalue weighted by molar-refractivity contribution is 0.206. The molecule has 26 heavy (non-hydrogen) atoms. The maximum Gasteiger partial charge on any atom is 0.154 e. The van der Waals surface area contributed by atoms with Gasteiger partial charge in [0.25, 0.3) is 0 Å². The average molecular weight is 348 g/mol. The van der Waals surface area contributed by atoms with Crippen LogP contribution >= 0.6 is 0 Å². The van der Waals surface area contributed by atoms with Crippen molar-refractivity contribution in [2.45, 2.75) is 39.0 Å². The molecule has 1 aliphatic heterocycles. The first kappa shape index (κ1) is 16.9. The molecule has 1 saturated heterocycles.